The molecular weight excluding hydrogens is 362 g/mol. The first-order valence-corrected chi connectivity index (χ1v) is 9.19. The molecule has 0 amide bonds. The average molecular weight is 384 g/mol. The molecule has 3 rings (SSSR count). The molecule has 0 bridgehead atoms. The molecule has 2 heterocycles. The number of hydrogen-bond acceptors (Lipinski definition) is 4. The molecule has 28 heavy (non-hydrogen) atoms. The molecule has 0 aliphatic carbocycles. The van der Waals surface area contributed by atoms with Gasteiger partial charge in [0.15, 0.2) is 17.6 Å². The molecule has 2 N–H and O–H groups in total. The minimum atomic E-state index is -0.448. The highest BCUT2D eigenvalue weighted by molar-refractivity contribution is 5.80. The van der Waals surface area contributed by atoms with Gasteiger partial charge in [0.1, 0.15) is 5.82 Å². The molecule has 1 aromatic carbocycles. The van der Waals surface area contributed by atoms with Crippen molar-refractivity contribution in [3.63, 3.8) is 0 Å². The number of guanidine groups is 1. The van der Waals surface area contributed by atoms with Gasteiger partial charge >= 0.3 is 0 Å². The van der Waals surface area contributed by atoms with E-state index in [0.29, 0.717) is 37.0 Å². The van der Waals surface area contributed by atoms with E-state index < -0.39 is 5.82 Å². The van der Waals surface area contributed by atoms with Crippen LogP contribution in [0.5, 0.6) is 0 Å². The zero-order valence-corrected chi connectivity index (χ0v) is 15.6. The van der Waals surface area contributed by atoms with Crippen LogP contribution in [-0.2, 0) is 6.54 Å². The van der Waals surface area contributed by atoms with E-state index in [-0.39, 0.29) is 24.0 Å². The predicted molar refractivity (Wildman–Crippen MR) is 104 cm³/mol. The van der Waals surface area contributed by atoms with Crippen molar-refractivity contribution in [1.29, 1.82) is 5.26 Å². The number of rotatable bonds is 5. The van der Waals surface area contributed by atoms with Crippen LogP contribution in [0.4, 0.5) is 14.6 Å². The van der Waals surface area contributed by atoms with Crippen molar-refractivity contribution in [2.45, 2.75) is 25.9 Å². The summed E-state index contributed by atoms with van der Waals surface area (Å²) in [5.74, 6) is 0.143. The van der Waals surface area contributed by atoms with Crippen LogP contribution < -0.4 is 15.5 Å². The molecular formula is C20H22F2N6. The lowest BCUT2D eigenvalue weighted by molar-refractivity contribution is 0.607. The number of halogens is 2. The summed E-state index contributed by atoms with van der Waals surface area (Å²) in [6, 6.07) is 9.32. The van der Waals surface area contributed by atoms with Crippen LogP contribution in [-0.4, -0.2) is 36.6 Å². The smallest absolute Gasteiger partial charge is 0.191 e. The number of benzene rings is 1. The van der Waals surface area contributed by atoms with Crippen molar-refractivity contribution in [2.75, 3.05) is 24.5 Å². The number of aromatic nitrogens is 1. The summed E-state index contributed by atoms with van der Waals surface area (Å²) < 4.78 is 28.0. The number of pyridine rings is 1. The van der Waals surface area contributed by atoms with E-state index >= 15 is 0 Å². The maximum atomic E-state index is 14.0. The lowest BCUT2D eigenvalue weighted by Gasteiger charge is -2.20. The van der Waals surface area contributed by atoms with Crippen molar-refractivity contribution in [2.24, 2.45) is 4.99 Å². The van der Waals surface area contributed by atoms with E-state index in [0.717, 1.165) is 6.42 Å². The first-order chi connectivity index (χ1) is 13.6. The average Bonchev–Trinajstić information content (AvgIpc) is 3.15. The van der Waals surface area contributed by atoms with E-state index in [9.17, 15) is 8.78 Å². The van der Waals surface area contributed by atoms with Crippen LogP contribution in [0.3, 0.4) is 0 Å². The highest BCUT2D eigenvalue weighted by Gasteiger charge is 2.25. The van der Waals surface area contributed by atoms with Crippen molar-refractivity contribution in [3.8, 4) is 6.07 Å². The van der Waals surface area contributed by atoms with Gasteiger partial charge in [-0.15, -0.1) is 0 Å². The van der Waals surface area contributed by atoms with Crippen LogP contribution in [0.15, 0.2) is 41.5 Å². The molecule has 6 nitrogen and oxygen atoms in total. The first kappa shape index (κ1) is 19.5. The largest absolute Gasteiger partial charge is 0.357 e. The van der Waals surface area contributed by atoms with Crippen LogP contribution >= 0.6 is 0 Å². The van der Waals surface area contributed by atoms with Gasteiger partial charge in [-0.2, -0.15) is 5.26 Å². The summed E-state index contributed by atoms with van der Waals surface area (Å²) in [6.07, 6.45) is 2.39. The van der Waals surface area contributed by atoms with E-state index in [2.05, 4.69) is 20.6 Å². The number of nitrogens with one attached hydrogen (secondary N) is 2. The maximum absolute atomic E-state index is 14.0. The van der Waals surface area contributed by atoms with Gasteiger partial charge in [-0.3, -0.25) is 0 Å². The molecule has 1 saturated heterocycles. The van der Waals surface area contributed by atoms with Gasteiger partial charge in [0, 0.05) is 37.4 Å². The van der Waals surface area contributed by atoms with E-state index in [4.69, 9.17) is 5.26 Å². The lowest BCUT2D eigenvalue weighted by Crippen LogP contribution is -2.44. The minimum absolute atomic E-state index is 0.0741. The number of nitriles is 1. The Morgan fingerprint density at radius 2 is 2.21 bits per heavy atom. The van der Waals surface area contributed by atoms with Gasteiger partial charge in [-0.1, -0.05) is 6.07 Å². The molecule has 0 spiro atoms. The van der Waals surface area contributed by atoms with Gasteiger partial charge in [-0.25, -0.2) is 18.8 Å². The van der Waals surface area contributed by atoms with E-state index in [1.807, 2.05) is 17.9 Å². The van der Waals surface area contributed by atoms with Gasteiger partial charge in [-0.05, 0) is 37.6 Å². The summed E-state index contributed by atoms with van der Waals surface area (Å²) in [5, 5.41) is 15.3. The number of hydrogen-bond donors (Lipinski definition) is 2. The zero-order chi connectivity index (χ0) is 19.9. The quantitative estimate of drug-likeness (QED) is 0.612. The number of nitrogens with zero attached hydrogens (tertiary/aromatic N) is 4. The lowest BCUT2D eigenvalue weighted by atomic mass is 10.1. The normalized spacial score (nSPS) is 16.7. The fourth-order valence-electron chi connectivity index (χ4n) is 3.10. The third-order valence-electron chi connectivity index (χ3n) is 4.50. The first-order valence-electron chi connectivity index (χ1n) is 9.19. The molecule has 8 heteroatoms. The number of aliphatic imine (C=N–C) groups is 1. The summed E-state index contributed by atoms with van der Waals surface area (Å²) in [5.41, 5.74) is 0.697. The Kier molecular flexibility index (Phi) is 6.37. The van der Waals surface area contributed by atoms with Gasteiger partial charge < -0.3 is 15.5 Å². The van der Waals surface area contributed by atoms with Crippen molar-refractivity contribution in [3.05, 3.63) is 59.3 Å². The van der Waals surface area contributed by atoms with Crippen LogP contribution in [0.1, 0.15) is 24.5 Å². The molecule has 1 aromatic heterocycles. The molecule has 1 unspecified atom stereocenters. The van der Waals surface area contributed by atoms with Crippen LogP contribution in [0.2, 0.25) is 0 Å². The highest BCUT2D eigenvalue weighted by atomic mass is 19.1. The van der Waals surface area contributed by atoms with Gasteiger partial charge in [0.05, 0.1) is 18.2 Å². The summed E-state index contributed by atoms with van der Waals surface area (Å²) in [4.78, 5) is 10.5. The van der Waals surface area contributed by atoms with Gasteiger partial charge in [0.25, 0.3) is 0 Å². The molecule has 0 saturated carbocycles. The summed E-state index contributed by atoms with van der Waals surface area (Å²) >= 11 is 0. The van der Waals surface area contributed by atoms with E-state index in [1.54, 1.807) is 24.4 Å². The molecule has 0 radical (unpaired) electrons. The Morgan fingerprint density at radius 3 is 2.93 bits per heavy atom. The summed E-state index contributed by atoms with van der Waals surface area (Å²) in [6.45, 7) is 4.05. The molecule has 1 aliphatic heterocycles. The fourth-order valence-corrected chi connectivity index (χ4v) is 3.10. The Balaban J connectivity index is 1.64. The second-order valence-corrected chi connectivity index (χ2v) is 6.50. The highest BCUT2D eigenvalue weighted by Crippen LogP contribution is 2.20. The molecule has 146 valence electrons. The van der Waals surface area contributed by atoms with Crippen molar-refractivity contribution < 1.29 is 8.78 Å². The zero-order valence-electron chi connectivity index (χ0n) is 15.6. The molecule has 1 atom stereocenters. The topological polar surface area (TPSA) is 76.3 Å². The maximum Gasteiger partial charge on any atom is 0.191 e. The Bertz CT molecular complexity index is 893. The van der Waals surface area contributed by atoms with Crippen molar-refractivity contribution in [1.82, 2.24) is 15.6 Å². The second kappa shape index (κ2) is 9.13. The Morgan fingerprint density at radius 1 is 1.36 bits per heavy atom. The van der Waals surface area contributed by atoms with Gasteiger partial charge in [0.2, 0.25) is 0 Å². The Labute approximate surface area is 162 Å². The molecule has 1 fully saturated rings. The third-order valence-corrected chi connectivity index (χ3v) is 4.50. The minimum Gasteiger partial charge on any atom is -0.357 e. The van der Waals surface area contributed by atoms with Crippen molar-refractivity contribution >= 4 is 11.8 Å². The molecule has 2 aromatic rings. The van der Waals surface area contributed by atoms with E-state index in [1.165, 1.54) is 12.1 Å². The monoisotopic (exact) mass is 384 g/mol. The molecule has 1 aliphatic rings. The van der Waals surface area contributed by atoms with Crippen LogP contribution in [0.25, 0.3) is 0 Å². The predicted octanol–water partition coefficient (Wildman–Crippen LogP) is 2.57. The fraction of sp³-hybridized carbons (Fsp3) is 0.350. The summed E-state index contributed by atoms with van der Waals surface area (Å²) in [7, 11) is 0. The van der Waals surface area contributed by atoms with Crippen LogP contribution in [0, 0.1) is 23.0 Å². The SMILES string of the molecule is CCNC(=NCc1ccc(C#N)cc1F)NC1CCN(c2ncccc2F)C1. The number of anilines is 1. The third kappa shape index (κ3) is 4.74. The Hall–Kier alpha value is -3.21. The second-order valence-electron chi connectivity index (χ2n) is 6.50. The standard InChI is InChI=1S/C20H22F2N6/c1-2-24-20(26-12-15-6-5-14(11-23)10-18(15)22)27-16-7-9-28(13-16)19-17(21)4-3-8-25-19/h3-6,8,10,16H,2,7,9,12-13H2,1H3,(H2,24,26,27).